The summed E-state index contributed by atoms with van der Waals surface area (Å²) in [5.41, 5.74) is 4.64. The highest BCUT2D eigenvalue weighted by Gasteiger charge is 2.20. The minimum absolute atomic E-state index is 0.155. The lowest BCUT2D eigenvalue weighted by atomic mass is 9.92. The van der Waals surface area contributed by atoms with Crippen LogP contribution in [0.2, 0.25) is 0 Å². The van der Waals surface area contributed by atoms with Crippen molar-refractivity contribution in [3.8, 4) is 11.5 Å². The second-order valence-corrected chi connectivity index (χ2v) is 8.71. The van der Waals surface area contributed by atoms with E-state index < -0.39 is 10.0 Å². The van der Waals surface area contributed by atoms with Crippen LogP contribution in [0.4, 0.5) is 0 Å². The summed E-state index contributed by atoms with van der Waals surface area (Å²) in [7, 11) is -2.19. The van der Waals surface area contributed by atoms with Gasteiger partial charge in [0.05, 0.1) is 7.11 Å². The third-order valence-electron chi connectivity index (χ3n) is 5.05. The van der Waals surface area contributed by atoms with Crippen molar-refractivity contribution in [3.63, 3.8) is 0 Å². The van der Waals surface area contributed by atoms with Crippen LogP contribution in [0.5, 0.6) is 11.5 Å². The lowest BCUT2D eigenvalue weighted by molar-refractivity contribution is 0.322. The van der Waals surface area contributed by atoms with Crippen LogP contribution in [-0.2, 0) is 22.9 Å². The molecule has 0 unspecified atom stereocenters. The maximum absolute atomic E-state index is 12.6. The zero-order chi connectivity index (χ0) is 19.4. The van der Waals surface area contributed by atoms with E-state index in [1.165, 1.54) is 31.1 Å². The molecule has 0 spiro atoms. The van der Waals surface area contributed by atoms with Gasteiger partial charge in [-0.25, -0.2) is 13.1 Å². The van der Waals surface area contributed by atoms with E-state index in [0.29, 0.717) is 5.75 Å². The summed E-state index contributed by atoms with van der Waals surface area (Å²) in [6, 6.07) is 9.54. The highest BCUT2D eigenvalue weighted by molar-refractivity contribution is 7.89. The van der Waals surface area contributed by atoms with E-state index in [9.17, 15) is 8.42 Å². The molecule has 0 heterocycles. The summed E-state index contributed by atoms with van der Waals surface area (Å²) in [4.78, 5) is 0.155. The first kappa shape index (κ1) is 19.7. The average Bonchev–Trinajstić information content (AvgIpc) is 2.66. The first-order chi connectivity index (χ1) is 12.9. The van der Waals surface area contributed by atoms with Gasteiger partial charge in [-0.1, -0.05) is 6.07 Å². The Bertz CT molecular complexity index is 922. The molecule has 6 heteroatoms. The zero-order valence-electron chi connectivity index (χ0n) is 16.2. The van der Waals surface area contributed by atoms with Crippen LogP contribution < -0.4 is 14.2 Å². The van der Waals surface area contributed by atoms with Gasteiger partial charge in [0.1, 0.15) is 23.0 Å². The van der Waals surface area contributed by atoms with Gasteiger partial charge in [0, 0.05) is 6.54 Å². The lowest BCUT2D eigenvalue weighted by Gasteiger charge is -2.17. The van der Waals surface area contributed by atoms with Crippen molar-refractivity contribution in [1.82, 2.24) is 4.72 Å². The van der Waals surface area contributed by atoms with Gasteiger partial charge in [-0.3, -0.25) is 0 Å². The summed E-state index contributed by atoms with van der Waals surface area (Å²) in [6.07, 6.45) is 4.68. The summed E-state index contributed by atoms with van der Waals surface area (Å²) in [5.74, 6) is 1.14. The van der Waals surface area contributed by atoms with E-state index in [1.54, 1.807) is 12.1 Å². The molecule has 0 fully saturated rings. The predicted octanol–water partition coefficient (Wildman–Crippen LogP) is 3.55. The lowest BCUT2D eigenvalue weighted by Crippen LogP contribution is -2.28. The van der Waals surface area contributed by atoms with E-state index in [-0.39, 0.29) is 18.0 Å². The predicted molar refractivity (Wildman–Crippen MR) is 106 cm³/mol. The molecule has 1 aliphatic carbocycles. The van der Waals surface area contributed by atoms with E-state index in [4.69, 9.17) is 9.47 Å². The number of benzene rings is 2. The number of rotatable bonds is 7. The van der Waals surface area contributed by atoms with E-state index in [1.807, 2.05) is 19.9 Å². The van der Waals surface area contributed by atoms with Crippen molar-refractivity contribution in [2.24, 2.45) is 0 Å². The third-order valence-corrected chi connectivity index (χ3v) is 6.53. The number of aryl methyl sites for hydroxylation is 4. The SMILES string of the molecule is COc1cc(C)c(C)cc1S(=O)(=O)NCCOc1ccc2c(c1)CCCC2. The molecule has 2 aromatic rings. The van der Waals surface area contributed by atoms with Gasteiger partial charge in [-0.15, -0.1) is 0 Å². The normalized spacial score (nSPS) is 13.9. The molecule has 0 saturated heterocycles. The fourth-order valence-electron chi connectivity index (χ4n) is 3.35. The number of sulfonamides is 1. The van der Waals surface area contributed by atoms with Crippen LogP contribution in [0.1, 0.15) is 35.1 Å². The molecule has 5 nitrogen and oxygen atoms in total. The monoisotopic (exact) mass is 389 g/mol. The molecule has 0 radical (unpaired) electrons. The van der Waals surface area contributed by atoms with Crippen molar-refractivity contribution in [2.75, 3.05) is 20.3 Å². The maximum atomic E-state index is 12.6. The Morgan fingerprint density at radius 1 is 1.00 bits per heavy atom. The fraction of sp³-hybridized carbons (Fsp3) is 0.429. The van der Waals surface area contributed by atoms with Gasteiger partial charge >= 0.3 is 0 Å². The molecule has 0 atom stereocenters. The maximum Gasteiger partial charge on any atom is 0.244 e. The second-order valence-electron chi connectivity index (χ2n) is 6.97. The minimum atomic E-state index is -3.67. The summed E-state index contributed by atoms with van der Waals surface area (Å²) < 4.78 is 38.8. The second kappa shape index (κ2) is 8.31. The topological polar surface area (TPSA) is 64.6 Å². The molecule has 3 rings (SSSR count). The summed E-state index contributed by atoms with van der Waals surface area (Å²) in [6.45, 7) is 4.27. The molecule has 1 aliphatic rings. The van der Waals surface area contributed by atoms with Gasteiger partial charge in [0.25, 0.3) is 0 Å². The Balaban J connectivity index is 1.61. The number of ether oxygens (including phenoxy) is 2. The third kappa shape index (κ3) is 4.62. The van der Waals surface area contributed by atoms with E-state index in [2.05, 4.69) is 16.9 Å². The number of hydrogen-bond donors (Lipinski definition) is 1. The highest BCUT2D eigenvalue weighted by atomic mass is 32.2. The summed E-state index contributed by atoms with van der Waals surface area (Å²) in [5, 5.41) is 0. The van der Waals surface area contributed by atoms with Crippen LogP contribution in [-0.4, -0.2) is 28.7 Å². The van der Waals surface area contributed by atoms with E-state index >= 15 is 0 Å². The first-order valence-electron chi connectivity index (χ1n) is 9.30. The molecule has 0 bridgehead atoms. The Labute approximate surface area is 161 Å². The van der Waals surface area contributed by atoms with Crippen LogP contribution >= 0.6 is 0 Å². The van der Waals surface area contributed by atoms with Crippen LogP contribution in [0, 0.1) is 13.8 Å². The molecular formula is C21H27NO4S. The molecule has 2 aromatic carbocycles. The fourth-order valence-corrected chi connectivity index (χ4v) is 4.60. The number of fused-ring (bicyclic) bond motifs is 1. The van der Waals surface area contributed by atoms with Gasteiger partial charge in [0.2, 0.25) is 10.0 Å². The van der Waals surface area contributed by atoms with Gasteiger partial charge in [-0.05, 0) is 86.1 Å². The Hall–Kier alpha value is -2.05. The molecule has 0 aromatic heterocycles. The van der Waals surface area contributed by atoms with Crippen LogP contribution in [0.25, 0.3) is 0 Å². The molecule has 0 saturated carbocycles. The molecule has 1 N–H and O–H groups in total. The van der Waals surface area contributed by atoms with Crippen molar-refractivity contribution < 1.29 is 17.9 Å². The standard InChI is InChI=1S/C21H27NO4S/c1-15-12-20(25-3)21(13-16(15)2)27(23,24)22-10-11-26-19-9-8-17-6-4-5-7-18(17)14-19/h8-9,12-14,22H,4-7,10-11H2,1-3H3. The number of methoxy groups -OCH3 is 1. The number of nitrogens with one attached hydrogen (secondary N) is 1. The van der Waals surface area contributed by atoms with Crippen molar-refractivity contribution in [1.29, 1.82) is 0 Å². The molecule has 27 heavy (non-hydrogen) atoms. The smallest absolute Gasteiger partial charge is 0.244 e. The Morgan fingerprint density at radius 3 is 2.44 bits per heavy atom. The Kier molecular flexibility index (Phi) is 6.07. The molecule has 0 amide bonds. The first-order valence-corrected chi connectivity index (χ1v) is 10.8. The van der Waals surface area contributed by atoms with Gasteiger partial charge < -0.3 is 9.47 Å². The van der Waals surface area contributed by atoms with E-state index in [0.717, 1.165) is 29.7 Å². The quantitative estimate of drug-likeness (QED) is 0.736. The van der Waals surface area contributed by atoms with Crippen molar-refractivity contribution >= 4 is 10.0 Å². The highest BCUT2D eigenvalue weighted by Crippen LogP contribution is 2.27. The average molecular weight is 390 g/mol. The zero-order valence-corrected chi connectivity index (χ0v) is 17.0. The molecule has 146 valence electrons. The van der Waals surface area contributed by atoms with Gasteiger partial charge in [-0.2, -0.15) is 0 Å². The van der Waals surface area contributed by atoms with Gasteiger partial charge in [0.15, 0.2) is 0 Å². The van der Waals surface area contributed by atoms with Crippen molar-refractivity contribution in [3.05, 3.63) is 52.6 Å². The summed E-state index contributed by atoms with van der Waals surface area (Å²) >= 11 is 0. The number of hydrogen-bond acceptors (Lipinski definition) is 4. The minimum Gasteiger partial charge on any atom is -0.495 e. The van der Waals surface area contributed by atoms with Crippen LogP contribution in [0.15, 0.2) is 35.2 Å². The van der Waals surface area contributed by atoms with Crippen LogP contribution in [0.3, 0.4) is 0 Å². The Morgan fingerprint density at radius 2 is 1.70 bits per heavy atom. The molecular weight excluding hydrogens is 362 g/mol. The van der Waals surface area contributed by atoms with Crippen molar-refractivity contribution in [2.45, 2.75) is 44.4 Å². The largest absolute Gasteiger partial charge is 0.495 e. The molecule has 0 aliphatic heterocycles.